The van der Waals surface area contributed by atoms with Gasteiger partial charge in [0.1, 0.15) is 5.78 Å². The number of fused-ring (bicyclic) bond motifs is 1. The molecule has 0 radical (unpaired) electrons. The summed E-state index contributed by atoms with van der Waals surface area (Å²) < 4.78 is 0. The maximum atomic E-state index is 12.5. The normalized spacial score (nSPS) is 34.0. The van der Waals surface area contributed by atoms with Crippen molar-refractivity contribution >= 4 is 11.7 Å². The molecule has 1 saturated carbocycles. The van der Waals surface area contributed by atoms with Crippen molar-refractivity contribution < 1.29 is 9.59 Å². The largest absolute Gasteiger partial charge is 0.342 e. The van der Waals surface area contributed by atoms with E-state index in [-0.39, 0.29) is 17.8 Å². The molecule has 0 aromatic rings. The molecule has 3 unspecified atom stereocenters. The first kappa shape index (κ1) is 14.8. The molecular formula is C17H26N2O2. The minimum atomic E-state index is 0.0270. The summed E-state index contributed by atoms with van der Waals surface area (Å²) in [5.74, 6) is 2.03. The smallest absolute Gasteiger partial charge is 0.225 e. The number of carbonyl (C=O) groups excluding carboxylic acids is 2. The molecule has 3 rings (SSSR count). The Balaban J connectivity index is 1.51. The maximum absolute atomic E-state index is 12.5. The molecule has 3 aliphatic rings. The Morgan fingerprint density at radius 2 is 1.81 bits per heavy atom. The highest BCUT2D eigenvalue weighted by molar-refractivity contribution is 5.89. The summed E-state index contributed by atoms with van der Waals surface area (Å²) >= 11 is 0. The van der Waals surface area contributed by atoms with Gasteiger partial charge in [0, 0.05) is 30.8 Å². The lowest BCUT2D eigenvalue weighted by Crippen LogP contribution is -2.41. The minimum absolute atomic E-state index is 0.0270. The number of hydrogen-bond donors (Lipinski definition) is 1. The Bertz CT molecular complexity index is 442. The monoisotopic (exact) mass is 290 g/mol. The molecule has 4 heteroatoms. The van der Waals surface area contributed by atoms with E-state index in [2.05, 4.69) is 5.32 Å². The first-order valence-corrected chi connectivity index (χ1v) is 8.29. The number of hydrogen-bond acceptors (Lipinski definition) is 3. The number of amides is 1. The van der Waals surface area contributed by atoms with E-state index in [9.17, 15) is 9.59 Å². The van der Waals surface area contributed by atoms with Gasteiger partial charge in [0.25, 0.3) is 0 Å². The number of nitrogens with zero attached hydrogens (tertiary/aromatic N) is 1. The summed E-state index contributed by atoms with van der Waals surface area (Å²) in [4.78, 5) is 26.8. The van der Waals surface area contributed by atoms with Crippen molar-refractivity contribution in [1.29, 1.82) is 0 Å². The van der Waals surface area contributed by atoms with Gasteiger partial charge in [-0.05, 0) is 44.7 Å². The number of nitrogens with one attached hydrogen (secondary N) is 1. The molecule has 21 heavy (non-hydrogen) atoms. The van der Waals surface area contributed by atoms with Gasteiger partial charge in [-0.1, -0.05) is 19.1 Å². The molecule has 1 aliphatic carbocycles. The second-order valence-electron chi connectivity index (χ2n) is 6.84. The van der Waals surface area contributed by atoms with E-state index in [1.165, 1.54) is 0 Å². The second kappa shape index (κ2) is 5.91. The van der Waals surface area contributed by atoms with Crippen molar-refractivity contribution in [2.45, 2.75) is 26.7 Å². The van der Waals surface area contributed by atoms with Crippen LogP contribution < -0.4 is 5.32 Å². The molecule has 0 spiro atoms. The van der Waals surface area contributed by atoms with Gasteiger partial charge in [-0.2, -0.15) is 0 Å². The Labute approximate surface area is 127 Å². The Hall–Kier alpha value is -1.16. The fourth-order valence-electron chi connectivity index (χ4n) is 4.14. The molecule has 0 aromatic carbocycles. The van der Waals surface area contributed by atoms with E-state index in [0.29, 0.717) is 23.5 Å². The lowest BCUT2D eigenvalue weighted by molar-refractivity contribution is -0.136. The number of Topliss-reactive ketones (excluding diaryl/α,β-unsaturated/α-hetero) is 1. The Morgan fingerprint density at radius 1 is 1.19 bits per heavy atom. The van der Waals surface area contributed by atoms with E-state index in [4.69, 9.17) is 0 Å². The van der Waals surface area contributed by atoms with Crippen LogP contribution in [-0.2, 0) is 9.59 Å². The predicted octanol–water partition coefficient (Wildman–Crippen LogP) is 1.47. The summed E-state index contributed by atoms with van der Waals surface area (Å²) in [5.41, 5.74) is 0. The van der Waals surface area contributed by atoms with Gasteiger partial charge >= 0.3 is 0 Å². The number of likely N-dealkylation sites (tertiary alicyclic amines) is 1. The van der Waals surface area contributed by atoms with E-state index < -0.39 is 0 Å². The van der Waals surface area contributed by atoms with Gasteiger partial charge in [-0.25, -0.2) is 0 Å². The van der Waals surface area contributed by atoms with Gasteiger partial charge in [-0.15, -0.1) is 0 Å². The van der Waals surface area contributed by atoms with E-state index in [0.717, 1.165) is 39.0 Å². The molecule has 2 heterocycles. The number of allylic oxidation sites excluding steroid dienone is 2. The fraction of sp³-hybridized carbons (Fsp3) is 0.765. The molecule has 2 saturated heterocycles. The Kier molecular flexibility index (Phi) is 4.16. The topological polar surface area (TPSA) is 49.4 Å². The third-order valence-electron chi connectivity index (χ3n) is 5.45. The summed E-state index contributed by atoms with van der Waals surface area (Å²) in [6.07, 6.45) is 5.86. The van der Waals surface area contributed by atoms with Gasteiger partial charge in [0.2, 0.25) is 5.91 Å². The molecule has 116 valence electrons. The van der Waals surface area contributed by atoms with E-state index in [1.54, 1.807) is 0 Å². The lowest BCUT2D eigenvalue weighted by Gasteiger charge is -2.28. The third kappa shape index (κ3) is 2.78. The number of piperidine rings is 2. The molecule has 1 N–H and O–H groups in total. The van der Waals surface area contributed by atoms with Gasteiger partial charge in [0.05, 0.1) is 0 Å². The van der Waals surface area contributed by atoms with Crippen LogP contribution in [0.4, 0.5) is 0 Å². The molecule has 2 aliphatic heterocycles. The quantitative estimate of drug-likeness (QED) is 0.798. The highest BCUT2D eigenvalue weighted by Gasteiger charge is 2.60. The van der Waals surface area contributed by atoms with Crippen molar-refractivity contribution in [3.05, 3.63) is 12.2 Å². The second-order valence-corrected chi connectivity index (χ2v) is 6.84. The number of carbonyl (C=O) groups is 2. The summed E-state index contributed by atoms with van der Waals surface area (Å²) in [7, 11) is 0. The van der Waals surface area contributed by atoms with Crippen molar-refractivity contribution in [2.75, 3.05) is 26.2 Å². The van der Waals surface area contributed by atoms with Crippen LogP contribution in [0, 0.1) is 29.6 Å². The molecule has 3 atom stereocenters. The molecule has 1 amide bonds. The van der Waals surface area contributed by atoms with Gasteiger partial charge < -0.3 is 10.2 Å². The summed E-state index contributed by atoms with van der Waals surface area (Å²) in [6, 6.07) is 0. The van der Waals surface area contributed by atoms with Crippen LogP contribution in [0.1, 0.15) is 26.7 Å². The first-order chi connectivity index (χ1) is 10.1. The third-order valence-corrected chi connectivity index (χ3v) is 5.45. The fourth-order valence-corrected chi connectivity index (χ4v) is 4.14. The summed E-state index contributed by atoms with van der Waals surface area (Å²) in [5, 5.41) is 3.30. The zero-order chi connectivity index (χ0) is 15.0. The zero-order valence-corrected chi connectivity index (χ0v) is 13.0. The zero-order valence-electron chi connectivity index (χ0n) is 13.0. The van der Waals surface area contributed by atoms with Crippen molar-refractivity contribution in [1.82, 2.24) is 10.2 Å². The molecule has 4 nitrogen and oxygen atoms in total. The van der Waals surface area contributed by atoms with E-state index in [1.807, 2.05) is 30.9 Å². The van der Waals surface area contributed by atoms with Crippen molar-refractivity contribution in [3.8, 4) is 0 Å². The van der Waals surface area contributed by atoms with E-state index >= 15 is 0 Å². The average Bonchev–Trinajstić information content (AvgIpc) is 3.00. The lowest BCUT2D eigenvalue weighted by atomic mass is 9.95. The standard InChI is InChI=1S/C17H26N2O2/c1-3-4-11(2)16(20)15-13-9-19(10-14(13)15)17(21)12-5-7-18-8-6-12/h3-4,11-15,18H,5-10H2,1-2H3/b4-3+. The highest BCUT2D eigenvalue weighted by atomic mass is 16.2. The SMILES string of the molecule is C/C=C/C(C)C(=O)C1C2CN(C(=O)C3CCNCC3)CC21. The van der Waals surface area contributed by atoms with Crippen LogP contribution in [0.3, 0.4) is 0 Å². The van der Waals surface area contributed by atoms with Crippen molar-refractivity contribution in [3.63, 3.8) is 0 Å². The van der Waals surface area contributed by atoms with Crippen molar-refractivity contribution in [2.24, 2.45) is 29.6 Å². The first-order valence-electron chi connectivity index (χ1n) is 8.29. The average molecular weight is 290 g/mol. The maximum Gasteiger partial charge on any atom is 0.225 e. The van der Waals surface area contributed by atoms with Crippen LogP contribution >= 0.6 is 0 Å². The predicted molar refractivity (Wildman–Crippen MR) is 81.6 cm³/mol. The summed E-state index contributed by atoms with van der Waals surface area (Å²) in [6.45, 7) is 7.47. The van der Waals surface area contributed by atoms with Crippen LogP contribution in [0.25, 0.3) is 0 Å². The Morgan fingerprint density at radius 3 is 2.38 bits per heavy atom. The van der Waals surface area contributed by atoms with Crippen LogP contribution in [0.2, 0.25) is 0 Å². The molecule has 0 bridgehead atoms. The van der Waals surface area contributed by atoms with Crippen LogP contribution in [-0.4, -0.2) is 42.8 Å². The van der Waals surface area contributed by atoms with Crippen LogP contribution in [0.15, 0.2) is 12.2 Å². The van der Waals surface area contributed by atoms with Gasteiger partial charge in [0.15, 0.2) is 0 Å². The minimum Gasteiger partial charge on any atom is -0.342 e. The number of ketones is 1. The van der Waals surface area contributed by atoms with Gasteiger partial charge in [-0.3, -0.25) is 9.59 Å². The molecule has 0 aromatic heterocycles. The molecule has 3 fully saturated rings. The number of rotatable bonds is 4. The highest BCUT2D eigenvalue weighted by Crippen LogP contribution is 2.53. The molecular weight excluding hydrogens is 264 g/mol. The van der Waals surface area contributed by atoms with Crippen LogP contribution in [0.5, 0.6) is 0 Å².